The second kappa shape index (κ2) is 8.21. The van der Waals surface area contributed by atoms with Crippen LogP contribution in [0.25, 0.3) is 0 Å². The molecule has 0 unspecified atom stereocenters. The van der Waals surface area contributed by atoms with Crippen molar-refractivity contribution in [2.75, 3.05) is 47.6 Å². The topological polar surface area (TPSA) is 151 Å². The van der Waals surface area contributed by atoms with Gasteiger partial charge in [-0.3, -0.25) is 4.90 Å². The summed E-state index contributed by atoms with van der Waals surface area (Å²) in [5.74, 6) is 12.8. The van der Waals surface area contributed by atoms with Gasteiger partial charge in [0.05, 0.1) is 11.4 Å². The lowest BCUT2D eigenvalue weighted by molar-refractivity contribution is 0.252. The van der Waals surface area contributed by atoms with Gasteiger partial charge in [0, 0.05) is 38.4 Å². The smallest absolute Gasteiger partial charge is 0.333 e. The zero-order valence-electron chi connectivity index (χ0n) is 15.2. The van der Waals surface area contributed by atoms with Gasteiger partial charge >= 0.3 is 12.1 Å². The minimum Gasteiger partial charge on any atom is -0.369 e. The Morgan fingerprint density at radius 1 is 0.962 bits per heavy atom. The molecule has 1 aliphatic heterocycles. The fourth-order valence-electron chi connectivity index (χ4n) is 2.95. The first-order valence-electron chi connectivity index (χ1n) is 8.29. The molecule has 1 heterocycles. The summed E-state index contributed by atoms with van der Waals surface area (Å²) in [6.07, 6.45) is 0. The maximum atomic E-state index is 11.5. The Morgan fingerprint density at radius 3 is 2.00 bits per heavy atom. The highest BCUT2D eigenvalue weighted by molar-refractivity contribution is 5.99. The second-order valence-electron chi connectivity index (χ2n) is 6.56. The Kier molecular flexibility index (Phi) is 6.24. The molecule has 0 aliphatic carbocycles. The van der Waals surface area contributed by atoms with Crippen molar-refractivity contribution in [1.82, 2.24) is 4.90 Å². The number of rotatable bonds is 5. The van der Waals surface area contributed by atoms with Gasteiger partial charge in [-0.15, -0.1) is 0 Å². The van der Waals surface area contributed by atoms with Crippen molar-refractivity contribution in [2.45, 2.75) is 13.8 Å². The molecule has 10 heteroatoms. The van der Waals surface area contributed by atoms with E-state index in [2.05, 4.69) is 23.6 Å². The van der Waals surface area contributed by atoms with Crippen LogP contribution in [0.1, 0.15) is 13.8 Å². The fourth-order valence-corrected chi connectivity index (χ4v) is 2.95. The van der Waals surface area contributed by atoms with Crippen molar-refractivity contribution in [2.24, 2.45) is 23.2 Å². The number of piperazine rings is 1. The third-order valence-corrected chi connectivity index (χ3v) is 4.23. The third-order valence-electron chi connectivity index (χ3n) is 4.23. The Bertz CT molecular complexity index is 658. The zero-order chi connectivity index (χ0) is 19.4. The summed E-state index contributed by atoms with van der Waals surface area (Å²) >= 11 is 0. The number of primary amides is 2. The molecule has 0 saturated carbocycles. The molecule has 1 aliphatic rings. The molecule has 10 nitrogen and oxygen atoms in total. The number of carbonyl (C=O) groups excluding carboxylic acids is 2. The van der Waals surface area contributed by atoms with E-state index in [9.17, 15) is 9.59 Å². The van der Waals surface area contributed by atoms with Crippen LogP contribution in [-0.2, 0) is 0 Å². The van der Waals surface area contributed by atoms with E-state index in [1.165, 1.54) is 5.92 Å². The molecule has 1 radical (unpaired) electrons. The SMILES string of the molecule is C[C](C)CN1CCN(c2ccc(N(N)C(N)=O)c(N(N)C(N)=O)c2)CC1. The van der Waals surface area contributed by atoms with Crippen molar-refractivity contribution < 1.29 is 9.59 Å². The number of amides is 4. The molecule has 8 N–H and O–H groups in total. The molecule has 143 valence electrons. The normalized spacial score (nSPS) is 15.2. The van der Waals surface area contributed by atoms with Gasteiger partial charge in [-0.25, -0.2) is 31.3 Å². The summed E-state index contributed by atoms with van der Waals surface area (Å²) in [5.41, 5.74) is 11.7. The quantitative estimate of drug-likeness (QED) is 0.327. The second-order valence-corrected chi connectivity index (χ2v) is 6.56. The lowest BCUT2D eigenvalue weighted by Gasteiger charge is -2.37. The number of nitrogens with two attached hydrogens (primary N) is 4. The standard InChI is InChI=1S/C16H27N8O2/c1-11(2)10-21-5-7-22(8-6-21)12-3-4-13(23(19)15(17)25)14(9-12)24(20)16(18)26/h3-4,9H,5-8,10,19-20H2,1-2H3,(H2,17,25)(H2,18,26). The van der Waals surface area contributed by atoms with E-state index in [-0.39, 0.29) is 11.4 Å². The van der Waals surface area contributed by atoms with Crippen molar-refractivity contribution >= 4 is 29.1 Å². The summed E-state index contributed by atoms with van der Waals surface area (Å²) in [6, 6.07) is 3.32. The molecule has 1 aromatic rings. The summed E-state index contributed by atoms with van der Waals surface area (Å²) in [6.45, 7) is 8.73. The van der Waals surface area contributed by atoms with E-state index >= 15 is 0 Å². The summed E-state index contributed by atoms with van der Waals surface area (Å²) in [4.78, 5) is 27.4. The Labute approximate surface area is 153 Å². The molecular weight excluding hydrogens is 336 g/mol. The fraction of sp³-hybridized carbons (Fsp3) is 0.438. The highest BCUT2D eigenvalue weighted by Gasteiger charge is 2.23. The molecule has 1 aromatic carbocycles. The van der Waals surface area contributed by atoms with Gasteiger partial charge in [-0.2, -0.15) is 0 Å². The van der Waals surface area contributed by atoms with Crippen LogP contribution in [0, 0.1) is 5.92 Å². The number of carbonyl (C=O) groups is 2. The Hall–Kier alpha value is -2.56. The van der Waals surface area contributed by atoms with Crippen molar-refractivity contribution in [1.29, 1.82) is 0 Å². The van der Waals surface area contributed by atoms with Crippen LogP contribution in [0.4, 0.5) is 26.7 Å². The third kappa shape index (κ3) is 4.54. The first kappa shape index (κ1) is 19.8. The number of benzene rings is 1. The summed E-state index contributed by atoms with van der Waals surface area (Å²) < 4.78 is 0. The van der Waals surface area contributed by atoms with Gasteiger partial charge in [0.15, 0.2) is 0 Å². The van der Waals surface area contributed by atoms with E-state index in [0.29, 0.717) is 0 Å². The predicted molar refractivity (Wildman–Crippen MR) is 102 cm³/mol. The number of nitrogens with zero attached hydrogens (tertiary/aromatic N) is 4. The predicted octanol–water partition coefficient (Wildman–Crippen LogP) is -0.0595. The van der Waals surface area contributed by atoms with Gasteiger partial charge in [-0.05, 0) is 24.1 Å². The van der Waals surface area contributed by atoms with Gasteiger partial charge in [0.25, 0.3) is 0 Å². The number of anilines is 3. The molecule has 0 bridgehead atoms. The van der Waals surface area contributed by atoms with Gasteiger partial charge in [0.2, 0.25) is 0 Å². The van der Waals surface area contributed by atoms with E-state index in [1.54, 1.807) is 12.1 Å². The average Bonchev–Trinajstić information content (AvgIpc) is 2.60. The molecule has 0 aromatic heterocycles. The van der Waals surface area contributed by atoms with Crippen LogP contribution in [-0.4, -0.2) is 49.7 Å². The van der Waals surface area contributed by atoms with Crippen LogP contribution in [0.3, 0.4) is 0 Å². The van der Waals surface area contributed by atoms with E-state index in [1.807, 2.05) is 6.07 Å². The molecule has 2 rings (SSSR count). The van der Waals surface area contributed by atoms with Crippen LogP contribution in [0.5, 0.6) is 0 Å². The number of hydrazine groups is 2. The van der Waals surface area contributed by atoms with E-state index in [4.69, 9.17) is 23.2 Å². The largest absolute Gasteiger partial charge is 0.369 e. The molecule has 0 atom stereocenters. The Balaban J connectivity index is 2.24. The van der Waals surface area contributed by atoms with Gasteiger partial charge in [-0.1, -0.05) is 13.8 Å². The van der Waals surface area contributed by atoms with Crippen molar-refractivity contribution in [3.63, 3.8) is 0 Å². The first-order chi connectivity index (χ1) is 12.2. The Morgan fingerprint density at radius 2 is 1.50 bits per heavy atom. The molecule has 26 heavy (non-hydrogen) atoms. The van der Waals surface area contributed by atoms with Crippen LogP contribution in [0.15, 0.2) is 18.2 Å². The lowest BCUT2D eigenvalue weighted by Crippen LogP contribution is -2.48. The monoisotopic (exact) mass is 363 g/mol. The zero-order valence-corrected chi connectivity index (χ0v) is 15.2. The van der Waals surface area contributed by atoms with Crippen LogP contribution < -0.4 is 38.1 Å². The maximum absolute atomic E-state index is 11.5. The summed E-state index contributed by atoms with van der Waals surface area (Å²) in [7, 11) is 0. The minimum atomic E-state index is -0.878. The number of hydrogen-bond acceptors (Lipinski definition) is 6. The number of urea groups is 2. The molecule has 4 amide bonds. The van der Waals surface area contributed by atoms with Crippen molar-refractivity contribution in [3.8, 4) is 0 Å². The minimum absolute atomic E-state index is 0.192. The number of hydrogen-bond donors (Lipinski definition) is 4. The summed E-state index contributed by atoms with van der Waals surface area (Å²) in [5, 5.41) is 1.47. The molecular formula is C16H27N8O2. The van der Waals surface area contributed by atoms with E-state index in [0.717, 1.165) is 48.4 Å². The molecule has 1 saturated heterocycles. The molecule has 0 spiro atoms. The maximum Gasteiger partial charge on any atom is 0.333 e. The highest BCUT2D eigenvalue weighted by atomic mass is 16.2. The lowest BCUT2D eigenvalue weighted by atomic mass is 10.1. The highest BCUT2D eigenvalue weighted by Crippen LogP contribution is 2.32. The van der Waals surface area contributed by atoms with Crippen molar-refractivity contribution in [3.05, 3.63) is 24.1 Å². The van der Waals surface area contributed by atoms with Crippen LogP contribution >= 0.6 is 0 Å². The van der Waals surface area contributed by atoms with E-state index < -0.39 is 12.1 Å². The molecule has 1 fully saturated rings. The van der Waals surface area contributed by atoms with Crippen LogP contribution in [0.2, 0.25) is 0 Å². The van der Waals surface area contributed by atoms with Gasteiger partial charge < -0.3 is 16.4 Å². The average molecular weight is 363 g/mol. The van der Waals surface area contributed by atoms with Gasteiger partial charge in [0.1, 0.15) is 0 Å². The first-order valence-corrected chi connectivity index (χ1v) is 8.29.